The molecule has 0 spiro atoms. The minimum Gasteiger partial charge on any atom is -0.380 e. The summed E-state index contributed by atoms with van der Waals surface area (Å²) in [6, 6.07) is 4.51. The van der Waals surface area contributed by atoms with E-state index in [1.807, 2.05) is 13.8 Å². The summed E-state index contributed by atoms with van der Waals surface area (Å²) in [5.41, 5.74) is 4.50. The third-order valence-corrected chi connectivity index (χ3v) is 2.59. The lowest BCUT2D eigenvalue weighted by atomic mass is 9.98. The molecule has 0 aliphatic rings. The van der Waals surface area contributed by atoms with E-state index in [2.05, 4.69) is 5.43 Å². The molecule has 0 aliphatic carbocycles. The van der Waals surface area contributed by atoms with Gasteiger partial charge < -0.3 is 4.74 Å². The van der Waals surface area contributed by atoms with E-state index in [9.17, 15) is 4.39 Å². The standard InChI is InChI=1S/C11H17FN2O/c1-7-6-9(12)4-5-10(7)11(14-13)8(2)15-3/h4-6,8,11,14H,13H2,1-3H3. The smallest absolute Gasteiger partial charge is 0.123 e. The Bertz CT molecular complexity index is 330. The maximum Gasteiger partial charge on any atom is 0.123 e. The van der Waals surface area contributed by atoms with Crippen LogP contribution in [0.25, 0.3) is 0 Å². The minimum atomic E-state index is -0.239. The fraction of sp³-hybridized carbons (Fsp3) is 0.455. The van der Waals surface area contributed by atoms with Gasteiger partial charge in [0.2, 0.25) is 0 Å². The fourth-order valence-electron chi connectivity index (χ4n) is 1.60. The molecule has 15 heavy (non-hydrogen) atoms. The molecular weight excluding hydrogens is 195 g/mol. The maximum atomic E-state index is 12.9. The van der Waals surface area contributed by atoms with Crippen molar-refractivity contribution in [1.29, 1.82) is 0 Å². The van der Waals surface area contributed by atoms with Gasteiger partial charge >= 0.3 is 0 Å². The maximum absolute atomic E-state index is 12.9. The van der Waals surface area contributed by atoms with E-state index in [0.29, 0.717) is 0 Å². The molecule has 0 amide bonds. The second-order valence-electron chi connectivity index (χ2n) is 3.59. The number of halogens is 1. The van der Waals surface area contributed by atoms with Crippen LogP contribution < -0.4 is 11.3 Å². The average Bonchev–Trinajstić information content (AvgIpc) is 2.21. The van der Waals surface area contributed by atoms with E-state index in [1.165, 1.54) is 12.1 Å². The molecule has 3 nitrogen and oxygen atoms in total. The van der Waals surface area contributed by atoms with Gasteiger partial charge in [-0.1, -0.05) is 6.07 Å². The number of aryl methyl sites for hydroxylation is 1. The largest absolute Gasteiger partial charge is 0.380 e. The summed E-state index contributed by atoms with van der Waals surface area (Å²) in [6.45, 7) is 3.76. The van der Waals surface area contributed by atoms with E-state index in [0.717, 1.165) is 11.1 Å². The first-order valence-corrected chi connectivity index (χ1v) is 4.85. The molecule has 0 heterocycles. The first-order valence-electron chi connectivity index (χ1n) is 4.85. The summed E-state index contributed by atoms with van der Waals surface area (Å²) in [7, 11) is 1.62. The van der Waals surface area contributed by atoms with Crippen molar-refractivity contribution in [1.82, 2.24) is 5.43 Å². The third kappa shape index (κ3) is 2.75. The highest BCUT2D eigenvalue weighted by molar-refractivity contribution is 5.30. The van der Waals surface area contributed by atoms with Crippen molar-refractivity contribution in [3.63, 3.8) is 0 Å². The van der Waals surface area contributed by atoms with E-state index >= 15 is 0 Å². The lowest BCUT2D eigenvalue weighted by Crippen LogP contribution is -2.36. The van der Waals surface area contributed by atoms with Crippen LogP contribution in [-0.2, 0) is 4.74 Å². The fourth-order valence-corrected chi connectivity index (χ4v) is 1.60. The van der Waals surface area contributed by atoms with Crippen molar-refractivity contribution < 1.29 is 9.13 Å². The zero-order chi connectivity index (χ0) is 11.4. The number of hydrogen-bond donors (Lipinski definition) is 2. The van der Waals surface area contributed by atoms with Gasteiger partial charge in [-0.15, -0.1) is 0 Å². The first-order chi connectivity index (χ1) is 7.10. The van der Waals surface area contributed by atoms with Gasteiger partial charge in [0.1, 0.15) is 5.82 Å². The Hall–Kier alpha value is -0.970. The van der Waals surface area contributed by atoms with Gasteiger partial charge in [-0.25, -0.2) is 4.39 Å². The molecule has 2 atom stereocenters. The van der Waals surface area contributed by atoms with Crippen molar-refractivity contribution in [2.45, 2.75) is 26.0 Å². The van der Waals surface area contributed by atoms with Gasteiger partial charge in [-0.2, -0.15) is 0 Å². The molecule has 1 aromatic rings. The van der Waals surface area contributed by atoms with Crippen LogP contribution >= 0.6 is 0 Å². The molecular formula is C11H17FN2O. The number of hydrogen-bond acceptors (Lipinski definition) is 3. The predicted molar refractivity (Wildman–Crippen MR) is 57.7 cm³/mol. The highest BCUT2D eigenvalue weighted by atomic mass is 19.1. The Morgan fingerprint density at radius 2 is 2.13 bits per heavy atom. The monoisotopic (exact) mass is 212 g/mol. The minimum absolute atomic E-state index is 0.0702. The van der Waals surface area contributed by atoms with Crippen LogP contribution in [0.15, 0.2) is 18.2 Å². The van der Waals surface area contributed by atoms with Crippen LogP contribution in [-0.4, -0.2) is 13.2 Å². The van der Waals surface area contributed by atoms with Crippen molar-refractivity contribution >= 4 is 0 Å². The van der Waals surface area contributed by atoms with Crippen molar-refractivity contribution in [3.8, 4) is 0 Å². The summed E-state index contributed by atoms with van der Waals surface area (Å²) >= 11 is 0. The van der Waals surface area contributed by atoms with Crippen molar-refractivity contribution in [2.75, 3.05) is 7.11 Å². The number of rotatable bonds is 4. The number of methoxy groups -OCH3 is 1. The average molecular weight is 212 g/mol. The van der Waals surface area contributed by atoms with Crippen molar-refractivity contribution in [3.05, 3.63) is 35.1 Å². The Labute approximate surface area is 89.4 Å². The van der Waals surface area contributed by atoms with Gasteiger partial charge in [0.15, 0.2) is 0 Å². The highest BCUT2D eigenvalue weighted by Crippen LogP contribution is 2.22. The molecule has 0 saturated heterocycles. The number of benzene rings is 1. The SMILES string of the molecule is COC(C)C(NN)c1ccc(F)cc1C. The lowest BCUT2D eigenvalue weighted by Gasteiger charge is -2.23. The summed E-state index contributed by atoms with van der Waals surface area (Å²) in [4.78, 5) is 0. The molecule has 4 heteroatoms. The number of hydrazine groups is 1. The predicted octanol–water partition coefficient (Wildman–Crippen LogP) is 1.67. The summed E-state index contributed by atoms with van der Waals surface area (Å²) in [5.74, 6) is 5.23. The van der Waals surface area contributed by atoms with Gasteiger partial charge in [0, 0.05) is 7.11 Å². The molecule has 0 bridgehead atoms. The molecule has 0 fully saturated rings. The van der Waals surface area contributed by atoms with E-state index in [-0.39, 0.29) is 18.0 Å². The zero-order valence-electron chi connectivity index (χ0n) is 9.25. The van der Waals surface area contributed by atoms with Crippen LogP contribution in [0.3, 0.4) is 0 Å². The summed E-state index contributed by atoms with van der Waals surface area (Å²) in [6.07, 6.45) is -0.0702. The lowest BCUT2D eigenvalue weighted by molar-refractivity contribution is 0.0828. The van der Waals surface area contributed by atoms with Crippen LogP contribution in [0, 0.1) is 12.7 Å². The molecule has 84 valence electrons. The van der Waals surface area contributed by atoms with Gasteiger partial charge in [-0.05, 0) is 37.1 Å². The topological polar surface area (TPSA) is 47.3 Å². The van der Waals surface area contributed by atoms with Gasteiger partial charge in [0.25, 0.3) is 0 Å². The molecule has 0 aromatic heterocycles. The molecule has 3 N–H and O–H groups in total. The third-order valence-electron chi connectivity index (χ3n) is 2.59. The van der Waals surface area contributed by atoms with Crippen LogP contribution in [0.2, 0.25) is 0 Å². The highest BCUT2D eigenvalue weighted by Gasteiger charge is 2.19. The van der Waals surface area contributed by atoms with Crippen LogP contribution in [0.1, 0.15) is 24.1 Å². The number of nitrogens with two attached hydrogens (primary N) is 1. The van der Waals surface area contributed by atoms with Gasteiger partial charge in [-0.3, -0.25) is 11.3 Å². The van der Waals surface area contributed by atoms with E-state index < -0.39 is 0 Å². The summed E-state index contributed by atoms with van der Waals surface area (Å²) < 4.78 is 18.1. The molecule has 1 aromatic carbocycles. The quantitative estimate of drug-likeness (QED) is 0.589. The Morgan fingerprint density at radius 1 is 1.47 bits per heavy atom. The molecule has 0 saturated carbocycles. The van der Waals surface area contributed by atoms with Gasteiger partial charge in [0.05, 0.1) is 12.1 Å². The number of ether oxygens (including phenoxy) is 1. The normalized spacial score (nSPS) is 15.0. The zero-order valence-corrected chi connectivity index (χ0v) is 9.25. The molecule has 1 rings (SSSR count). The molecule has 0 aliphatic heterocycles. The Balaban J connectivity index is 3.01. The van der Waals surface area contributed by atoms with Crippen LogP contribution in [0.4, 0.5) is 4.39 Å². The second kappa shape index (κ2) is 5.21. The van der Waals surface area contributed by atoms with E-state index in [1.54, 1.807) is 13.2 Å². The van der Waals surface area contributed by atoms with E-state index in [4.69, 9.17) is 10.6 Å². The Kier molecular flexibility index (Phi) is 4.20. The van der Waals surface area contributed by atoms with Crippen molar-refractivity contribution in [2.24, 2.45) is 5.84 Å². The van der Waals surface area contributed by atoms with Crippen LogP contribution in [0.5, 0.6) is 0 Å². The number of nitrogens with one attached hydrogen (secondary N) is 1. The Morgan fingerprint density at radius 3 is 2.60 bits per heavy atom. The first kappa shape index (κ1) is 12.1. The summed E-state index contributed by atoms with van der Waals surface area (Å²) in [5, 5.41) is 0. The molecule has 2 unspecified atom stereocenters. The molecule has 0 radical (unpaired) electrons. The second-order valence-corrected chi connectivity index (χ2v) is 3.59.